The minimum Gasteiger partial charge on any atom is -0.383 e. The second-order valence-corrected chi connectivity index (χ2v) is 7.65. The summed E-state index contributed by atoms with van der Waals surface area (Å²) >= 11 is 14.3. The maximum absolute atomic E-state index is 6.49. The van der Waals surface area contributed by atoms with Crippen LogP contribution in [-0.4, -0.2) is 4.98 Å². The van der Waals surface area contributed by atoms with Crippen molar-refractivity contribution in [3.63, 3.8) is 0 Å². The van der Waals surface area contributed by atoms with E-state index in [1.807, 2.05) is 24.3 Å². The highest BCUT2D eigenvalue weighted by molar-refractivity contribution is 7.98. The fraction of sp³-hybridized carbons (Fsp3) is 0.105. The Balaban J connectivity index is 2.06. The van der Waals surface area contributed by atoms with E-state index in [2.05, 4.69) is 17.1 Å². The number of rotatable bonds is 2. The van der Waals surface area contributed by atoms with Gasteiger partial charge in [0.05, 0.1) is 5.69 Å². The van der Waals surface area contributed by atoms with Crippen molar-refractivity contribution in [3.8, 4) is 22.4 Å². The first kappa shape index (κ1) is 16.7. The Hall–Kier alpha value is -1.72. The Kier molecular flexibility index (Phi) is 4.38. The van der Waals surface area contributed by atoms with E-state index >= 15 is 0 Å². The third kappa shape index (κ3) is 2.79. The lowest BCUT2D eigenvalue weighted by molar-refractivity contribution is 1.05. The summed E-state index contributed by atoms with van der Waals surface area (Å²) in [7, 11) is 0. The number of nitrogens with two attached hydrogens (primary N) is 2. The molecule has 0 aliphatic carbocycles. The topological polar surface area (TPSA) is 64.9 Å². The SMILES string of the molecule is NCc1c(N)nc2c(c1-c1ccc(Cl)cc1Cl)CSc1ccccc1-2. The van der Waals surface area contributed by atoms with Crippen LogP contribution in [0.5, 0.6) is 0 Å². The lowest BCUT2D eigenvalue weighted by Gasteiger charge is -2.25. The fourth-order valence-corrected chi connectivity index (χ4v) is 4.79. The number of thioether (sulfide) groups is 1. The highest BCUT2D eigenvalue weighted by atomic mass is 35.5. The van der Waals surface area contributed by atoms with Gasteiger partial charge in [0.15, 0.2) is 0 Å². The van der Waals surface area contributed by atoms with Crippen LogP contribution in [0.1, 0.15) is 11.1 Å². The highest BCUT2D eigenvalue weighted by Gasteiger charge is 2.25. The van der Waals surface area contributed by atoms with Crippen molar-refractivity contribution in [2.24, 2.45) is 5.73 Å². The van der Waals surface area contributed by atoms with Gasteiger partial charge in [0, 0.05) is 43.9 Å². The van der Waals surface area contributed by atoms with Gasteiger partial charge in [0.25, 0.3) is 0 Å². The molecule has 3 aromatic rings. The minimum atomic E-state index is 0.298. The van der Waals surface area contributed by atoms with E-state index in [1.165, 1.54) is 4.90 Å². The van der Waals surface area contributed by atoms with Gasteiger partial charge in [0.1, 0.15) is 5.82 Å². The van der Waals surface area contributed by atoms with Crippen molar-refractivity contribution >= 4 is 40.8 Å². The van der Waals surface area contributed by atoms with Crippen molar-refractivity contribution in [1.29, 1.82) is 0 Å². The standard InChI is InChI=1S/C19H15Cl2N3S/c20-10-5-6-11(15(21)7-10)17-13(8-22)19(23)24-18-12-3-1-2-4-16(12)25-9-14(17)18/h1-7H,8-9,22H2,(H2,23,24). The molecular weight excluding hydrogens is 373 g/mol. The molecule has 126 valence electrons. The van der Waals surface area contributed by atoms with Crippen LogP contribution in [0.4, 0.5) is 5.82 Å². The van der Waals surface area contributed by atoms with Crippen LogP contribution in [0.2, 0.25) is 10.0 Å². The minimum absolute atomic E-state index is 0.298. The van der Waals surface area contributed by atoms with Crippen molar-refractivity contribution in [2.45, 2.75) is 17.2 Å². The molecule has 0 saturated carbocycles. The molecule has 4 N–H and O–H groups in total. The molecule has 3 nitrogen and oxygen atoms in total. The number of benzene rings is 2. The number of hydrogen-bond acceptors (Lipinski definition) is 4. The summed E-state index contributed by atoms with van der Waals surface area (Å²) in [5.74, 6) is 1.24. The van der Waals surface area contributed by atoms with E-state index in [0.717, 1.165) is 39.3 Å². The quantitative estimate of drug-likeness (QED) is 0.620. The summed E-state index contributed by atoms with van der Waals surface area (Å²) in [4.78, 5) is 5.88. The number of hydrogen-bond donors (Lipinski definition) is 2. The number of nitrogens with zero attached hydrogens (tertiary/aromatic N) is 1. The van der Waals surface area contributed by atoms with Crippen molar-refractivity contribution in [1.82, 2.24) is 4.98 Å². The average molecular weight is 388 g/mol. The summed E-state index contributed by atoms with van der Waals surface area (Å²) in [6.07, 6.45) is 0. The predicted octanol–water partition coefficient (Wildman–Crippen LogP) is 5.37. The molecule has 25 heavy (non-hydrogen) atoms. The average Bonchev–Trinajstić information content (AvgIpc) is 2.61. The first-order chi connectivity index (χ1) is 12.1. The maximum atomic E-state index is 6.49. The molecule has 0 unspecified atom stereocenters. The van der Waals surface area contributed by atoms with Gasteiger partial charge in [-0.25, -0.2) is 4.98 Å². The lowest BCUT2D eigenvalue weighted by Crippen LogP contribution is -2.12. The Morgan fingerprint density at radius 2 is 1.88 bits per heavy atom. The van der Waals surface area contributed by atoms with Crippen LogP contribution in [0.15, 0.2) is 47.4 Å². The summed E-state index contributed by atoms with van der Waals surface area (Å²) in [6, 6.07) is 13.7. The van der Waals surface area contributed by atoms with Gasteiger partial charge in [-0.15, -0.1) is 11.8 Å². The van der Waals surface area contributed by atoms with Crippen LogP contribution < -0.4 is 11.5 Å². The third-order valence-electron chi connectivity index (χ3n) is 4.35. The van der Waals surface area contributed by atoms with E-state index in [-0.39, 0.29) is 0 Å². The van der Waals surface area contributed by atoms with Crippen LogP contribution in [-0.2, 0) is 12.3 Å². The Morgan fingerprint density at radius 1 is 1.08 bits per heavy atom. The molecule has 0 radical (unpaired) electrons. The molecule has 2 aromatic carbocycles. The Bertz CT molecular complexity index is 989. The molecule has 0 amide bonds. The molecule has 0 fully saturated rings. The monoisotopic (exact) mass is 387 g/mol. The van der Waals surface area contributed by atoms with Gasteiger partial charge in [0.2, 0.25) is 0 Å². The predicted molar refractivity (Wildman–Crippen MR) is 107 cm³/mol. The summed E-state index contributed by atoms with van der Waals surface area (Å²) in [6.45, 7) is 0.298. The van der Waals surface area contributed by atoms with Crippen molar-refractivity contribution in [3.05, 3.63) is 63.6 Å². The summed E-state index contributed by atoms with van der Waals surface area (Å²) in [5, 5.41) is 1.18. The van der Waals surface area contributed by atoms with E-state index in [9.17, 15) is 0 Å². The van der Waals surface area contributed by atoms with Crippen molar-refractivity contribution in [2.75, 3.05) is 5.73 Å². The fourth-order valence-electron chi connectivity index (χ4n) is 3.21. The number of anilines is 1. The zero-order valence-corrected chi connectivity index (χ0v) is 15.6. The van der Waals surface area contributed by atoms with Gasteiger partial charge in [-0.1, -0.05) is 47.5 Å². The first-order valence-electron chi connectivity index (χ1n) is 7.79. The van der Waals surface area contributed by atoms with Gasteiger partial charge < -0.3 is 11.5 Å². The van der Waals surface area contributed by atoms with Crippen LogP contribution in [0.3, 0.4) is 0 Å². The molecule has 4 rings (SSSR count). The summed E-state index contributed by atoms with van der Waals surface area (Å²) in [5.41, 5.74) is 18.1. The van der Waals surface area contributed by atoms with E-state index < -0.39 is 0 Å². The molecule has 1 aromatic heterocycles. The molecular formula is C19H15Cl2N3S. The van der Waals surface area contributed by atoms with Gasteiger partial charge >= 0.3 is 0 Å². The van der Waals surface area contributed by atoms with Gasteiger partial charge in [-0.2, -0.15) is 0 Å². The third-order valence-corrected chi connectivity index (χ3v) is 6.00. The van der Waals surface area contributed by atoms with Crippen LogP contribution >= 0.6 is 35.0 Å². The number of fused-ring (bicyclic) bond motifs is 3. The first-order valence-corrected chi connectivity index (χ1v) is 9.53. The molecule has 1 aliphatic rings. The Morgan fingerprint density at radius 3 is 2.64 bits per heavy atom. The van der Waals surface area contributed by atoms with Crippen LogP contribution in [0.25, 0.3) is 22.4 Å². The number of aromatic nitrogens is 1. The summed E-state index contributed by atoms with van der Waals surface area (Å²) < 4.78 is 0. The molecule has 1 aliphatic heterocycles. The normalized spacial score (nSPS) is 12.6. The molecule has 0 atom stereocenters. The van der Waals surface area contributed by atoms with Gasteiger partial charge in [-0.05, 0) is 29.3 Å². The van der Waals surface area contributed by atoms with E-state index in [0.29, 0.717) is 22.4 Å². The lowest BCUT2D eigenvalue weighted by atomic mass is 9.92. The zero-order chi connectivity index (χ0) is 17.6. The number of pyridine rings is 1. The second-order valence-electron chi connectivity index (χ2n) is 5.79. The molecule has 6 heteroatoms. The molecule has 0 saturated heterocycles. The van der Waals surface area contributed by atoms with Gasteiger partial charge in [-0.3, -0.25) is 0 Å². The molecule has 0 bridgehead atoms. The van der Waals surface area contributed by atoms with E-state index in [1.54, 1.807) is 17.8 Å². The maximum Gasteiger partial charge on any atom is 0.129 e. The smallest absolute Gasteiger partial charge is 0.129 e. The van der Waals surface area contributed by atoms with E-state index in [4.69, 9.17) is 34.7 Å². The largest absolute Gasteiger partial charge is 0.383 e. The molecule has 0 spiro atoms. The van der Waals surface area contributed by atoms with Crippen molar-refractivity contribution < 1.29 is 0 Å². The number of halogens is 2. The Labute approximate surface area is 160 Å². The highest BCUT2D eigenvalue weighted by Crippen LogP contribution is 2.47. The van der Waals surface area contributed by atoms with Crippen LogP contribution in [0, 0.1) is 0 Å². The molecule has 2 heterocycles. The zero-order valence-electron chi connectivity index (χ0n) is 13.2. The second kappa shape index (κ2) is 6.54. The number of nitrogen functional groups attached to an aromatic ring is 1.